The molecule has 6 nitrogen and oxygen atoms in total. The standard InChI is InChI=1S/C22H27FN4O2S/c1-14-12-26(9-10-27(14)21(28)29-22(2,3)4)20-19-17(24-13-25-20)11-18(30-19)15-5-7-16(23)8-6-15/h5,7-8,11,13-15H,6,9-10,12H2,1-4H3/t14-,15?/m1/s1. The summed E-state index contributed by atoms with van der Waals surface area (Å²) < 4.78 is 19.9. The quantitative estimate of drug-likeness (QED) is 0.669. The zero-order valence-electron chi connectivity index (χ0n) is 17.8. The van der Waals surface area contributed by atoms with E-state index in [1.165, 1.54) is 6.08 Å². The Labute approximate surface area is 180 Å². The fourth-order valence-corrected chi connectivity index (χ4v) is 5.04. The number of anilines is 1. The van der Waals surface area contributed by atoms with Gasteiger partial charge >= 0.3 is 6.09 Å². The zero-order valence-corrected chi connectivity index (χ0v) is 18.6. The van der Waals surface area contributed by atoms with Crippen LogP contribution in [0.15, 0.2) is 36.4 Å². The van der Waals surface area contributed by atoms with E-state index >= 15 is 0 Å². The number of hydrogen-bond donors (Lipinski definition) is 0. The van der Waals surface area contributed by atoms with Crippen molar-refractivity contribution in [3.05, 3.63) is 41.3 Å². The molecule has 160 valence electrons. The Morgan fingerprint density at radius 2 is 2.10 bits per heavy atom. The van der Waals surface area contributed by atoms with Gasteiger partial charge in [0.05, 0.1) is 10.2 Å². The van der Waals surface area contributed by atoms with Gasteiger partial charge in [-0.25, -0.2) is 19.2 Å². The zero-order chi connectivity index (χ0) is 21.5. The van der Waals surface area contributed by atoms with Crippen LogP contribution >= 0.6 is 11.3 Å². The Balaban J connectivity index is 1.53. The van der Waals surface area contributed by atoms with Crippen LogP contribution in [0.2, 0.25) is 0 Å². The van der Waals surface area contributed by atoms with Crippen LogP contribution in [0.5, 0.6) is 0 Å². The first-order chi connectivity index (χ1) is 14.2. The van der Waals surface area contributed by atoms with Crippen molar-refractivity contribution in [3.8, 4) is 0 Å². The van der Waals surface area contributed by atoms with Crippen LogP contribution in [0.25, 0.3) is 10.2 Å². The Bertz CT molecular complexity index is 1010. The van der Waals surface area contributed by atoms with Gasteiger partial charge in [-0.3, -0.25) is 0 Å². The van der Waals surface area contributed by atoms with Crippen molar-refractivity contribution in [2.75, 3.05) is 24.5 Å². The second kappa shape index (κ2) is 7.98. The maximum Gasteiger partial charge on any atom is 0.410 e. The molecule has 1 unspecified atom stereocenters. The molecule has 1 fully saturated rings. The predicted molar refractivity (Wildman–Crippen MR) is 118 cm³/mol. The molecule has 30 heavy (non-hydrogen) atoms. The molecule has 4 rings (SSSR count). The molecule has 3 heterocycles. The van der Waals surface area contributed by atoms with Crippen molar-refractivity contribution >= 4 is 33.5 Å². The van der Waals surface area contributed by atoms with E-state index < -0.39 is 5.60 Å². The first-order valence-corrected chi connectivity index (χ1v) is 11.1. The molecule has 0 saturated carbocycles. The van der Waals surface area contributed by atoms with Crippen LogP contribution < -0.4 is 4.90 Å². The molecule has 0 N–H and O–H groups in total. The minimum Gasteiger partial charge on any atom is -0.444 e. The minimum absolute atomic E-state index is 0.00689. The van der Waals surface area contributed by atoms with Crippen molar-refractivity contribution < 1.29 is 13.9 Å². The fourth-order valence-electron chi connectivity index (χ4n) is 3.82. The first kappa shape index (κ1) is 20.8. The maximum atomic E-state index is 13.3. The number of piperazine rings is 1. The van der Waals surface area contributed by atoms with Crippen LogP contribution in [0.3, 0.4) is 0 Å². The first-order valence-electron chi connectivity index (χ1n) is 10.2. The SMILES string of the molecule is C[C@@H]1CN(c2ncnc3cc(C4C=CC(F)=CC4)sc23)CCN1C(=O)OC(C)(C)C. The smallest absolute Gasteiger partial charge is 0.410 e. The number of fused-ring (bicyclic) bond motifs is 1. The molecule has 2 aromatic heterocycles. The number of aromatic nitrogens is 2. The van der Waals surface area contributed by atoms with E-state index in [1.807, 2.05) is 33.8 Å². The molecule has 8 heteroatoms. The Morgan fingerprint density at radius 3 is 2.77 bits per heavy atom. The second-order valence-electron chi connectivity index (χ2n) is 8.82. The number of hydrogen-bond acceptors (Lipinski definition) is 6. The summed E-state index contributed by atoms with van der Waals surface area (Å²) in [6.07, 6.45) is 7.04. The summed E-state index contributed by atoms with van der Waals surface area (Å²) in [4.78, 5) is 26.7. The Kier molecular flexibility index (Phi) is 5.53. The van der Waals surface area contributed by atoms with Crippen molar-refractivity contribution in [2.45, 2.75) is 51.7 Å². The molecule has 0 radical (unpaired) electrons. The van der Waals surface area contributed by atoms with E-state index in [9.17, 15) is 9.18 Å². The molecule has 2 aliphatic rings. The molecule has 0 aromatic carbocycles. The summed E-state index contributed by atoms with van der Waals surface area (Å²) >= 11 is 1.67. The van der Waals surface area contributed by atoms with Crippen molar-refractivity contribution in [3.63, 3.8) is 0 Å². The number of amides is 1. The van der Waals surface area contributed by atoms with Gasteiger partial charge in [-0.1, -0.05) is 6.08 Å². The third-order valence-electron chi connectivity index (χ3n) is 5.29. The van der Waals surface area contributed by atoms with Gasteiger partial charge in [-0.05, 0) is 52.3 Å². The van der Waals surface area contributed by atoms with Gasteiger partial charge in [0.25, 0.3) is 0 Å². The number of thiophene rings is 1. The maximum absolute atomic E-state index is 13.3. The van der Waals surface area contributed by atoms with Crippen molar-refractivity contribution in [1.29, 1.82) is 0 Å². The average Bonchev–Trinajstić information content (AvgIpc) is 3.11. The summed E-state index contributed by atoms with van der Waals surface area (Å²) in [5.41, 5.74) is 0.400. The molecule has 1 saturated heterocycles. The lowest BCUT2D eigenvalue weighted by molar-refractivity contribution is 0.0159. The lowest BCUT2D eigenvalue weighted by atomic mass is 9.99. The van der Waals surface area contributed by atoms with Crippen LogP contribution in [-0.2, 0) is 4.74 Å². The molecule has 1 amide bonds. The molecule has 2 aromatic rings. The highest BCUT2D eigenvalue weighted by atomic mass is 32.1. The summed E-state index contributed by atoms with van der Waals surface area (Å²) in [6, 6.07) is 2.09. The average molecular weight is 431 g/mol. The number of allylic oxidation sites excluding steroid dienone is 4. The molecular formula is C22H27FN4O2S. The Morgan fingerprint density at radius 1 is 1.30 bits per heavy atom. The van der Waals surface area contributed by atoms with Gasteiger partial charge < -0.3 is 14.5 Å². The number of carbonyl (C=O) groups excluding carboxylic acids is 1. The predicted octanol–water partition coefficient (Wildman–Crippen LogP) is 5.03. The summed E-state index contributed by atoms with van der Waals surface area (Å²) in [5.74, 6) is 0.887. The third-order valence-corrected chi connectivity index (χ3v) is 6.54. The van der Waals surface area contributed by atoms with Gasteiger partial charge in [-0.2, -0.15) is 0 Å². The monoisotopic (exact) mass is 430 g/mol. The second-order valence-corrected chi connectivity index (χ2v) is 9.90. The van der Waals surface area contributed by atoms with E-state index in [4.69, 9.17) is 4.74 Å². The molecule has 0 spiro atoms. The van der Waals surface area contributed by atoms with Crippen LogP contribution in [0, 0.1) is 0 Å². The van der Waals surface area contributed by atoms with E-state index in [2.05, 4.69) is 20.9 Å². The lowest BCUT2D eigenvalue weighted by Crippen LogP contribution is -2.55. The summed E-state index contributed by atoms with van der Waals surface area (Å²) in [6.45, 7) is 9.60. The highest BCUT2D eigenvalue weighted by Crippen LogP contribution is 2.38. The van der Waals surface area contributed by atoms with Gasteiger partial charge in [0, 0.05) is 36.5 Å². The number of nitrogens with zero attached hydrogens (tertiary/aromatic N) is 4. The number of halogens is 1. The molecule has 0 bridgehead atoms. The van der Waals surface area contributed by atoms with Gasteiger partial charge in [0.2, 0.25) is 0 Å². The van der Waals surface area contributed by atoms with Crippen molar-refractivity contribution in [1.82, 2.24) is 14.9 Å². The Hall–Kier alpha value is -2.48. The van der Waals surface area contributed by atoms with Crippen LogP contribution in [0.4, 0.5) is 15.0 Å². The normalized spacial score (nSPS) is 22.4. The molecular weight excluding hydrogens is 403 g/mol. The fraction of sp³-hybridized carbons (Fsp3) is 0.500. The van der Waals surface area contributed by atoms with E-state index in [1.54, 1.807) is 28.6 Å². The highest BCUT2D eigenvalue weighted by Gasteiger charge is 2.32. The molecule has 1 aliphatic carbocycles. The number of ether oxygens (including phenoxy) is 1. The van der Waals surface area contributed by atoms with Crippen LogP contribution in [-0.4, -0.2) is 52.2 Å². The summed E-state index contributed by atoms with van der Waals surface area (Å²) in [7, 11) is 0. The van der Waals surface area contributed by atoms with E-state index in [0.29, 0.717) is 26.1 Å². The molecule has 1 aliphatic heterocycles. The highest BCUT2D eigenvalue weighted by molar-refractivity contribution is 7.19. The van der Waals surface area contributed by atoms with Gasteiger partial charge in [0.1, 0.15) is 23.6 Å². The van der Waals surface area contributed by atoms with Crippen molar-refractivity contribution in [2.24, 2.45) is 0 Å². The van der Waals surface area contributed by atoms with E-state index in [-0.39, 0.29) is 23.9 Å². The third kappa shape index (κ3) is 4.33. The molecule has 2 atom stereocenters. The largest absolute Gasteiger partial charge is 0.444 e. The van der Waals surface area contributed by atoms with E-state index in [0.717, 1.165) is 20.9 Å². The minimum atomic E-state index is -0.508. The lowest BCUT2D eigenvalue weighted by Gasteiger charge is -2.40. The van der Waals surface area contributed by atoms with Crippen LogP contribution in [0.1, 0.15) is 44.9 Å². The van der Waals surface area contributed by atoms with Gasteiger partial charge in [0.15, 0.2) is 0 Å². The summed E-state index contributed by atoms with van der Waals surface area (Å²) in [5, 5.41) is 0. The topological polar surface area (TPSA) is 58.6 Å². The number of rotatable bonds is 2. The number of carbonyl (C=O) groups is 1. The van der Waals surface area contributed by atoms with Gasteiger partial charge in [-0.15, -0.1) is 11.3 Å².